The normalized spacial score (nSPS) is 20.9. The zero-order valence-electron chi connectivity index (χ0n) is 11.9. The molecule has 1 fully saturated rings. The second-order valence-corrected chi connectivity index (χ2v) is 5.33. The maximum atomic E-state index is 12.3. The Labute approximate surface area is 119 Å². The van der Waals surface area contributed by atoms with Crippen molar-refractivity contribution in [2.75, 3.05) is 13.2 Å². The maximum Gasteiger partial charge on any atom is 0.412 e. The monoisotopic (exact) mass is 279 g/mol. The van der Waals surface area contributed by atoms with Crippen molar-refractivity contribution >= 4 is 6.09 Å². The third-order valence-electron chi connectivity index (χ3n) is 3.44. The molecule has 1 aromatic rings. The molecule has 1 atom stereocenters. The van der Waals surface area contributed by atoms with Crippen LogP contribution in [-0.2, 0) is 16.1 Å². The van der Waals surface area contributed by atoms with E-state index in [-0.39, 0.29) is 19.3 Å². The first-order valence-electron chi connectivity index (χ1n) is 6.79. The van der Waals surface area contributed by atoms with Gasteiger partial charge < -0.3 is 14.6 Å². The van der Waals surface area contributed by atoms with Crippen LogP contribution < -0.4 is 0 Å². The molecule has 2 rings (SSSR count). The number of nitrogens with zero attached hydrogens (tertiary/aromatic N) is 1. The van der Waals surface area contributed by atoms with Crippen molar-refractivity contribution in [3.05, 3.63) is 35.9 Å². The highest BCUT2D eigenvalue weighted by atomic mass is 16.6. The van der Waals surface area contributed by atoms with Gasteiger partial charge in [-0.15, -0.1) is 0 Å². The highest BCUT2D eigenvalue weighted by Gasteiger charge is 2.44. The van der Waals surface area contributed by atoms with Crippen molar-refractivity contribution in [2.45, 2.75) is 38.6 Å². The van der Waals surface area contributed by atoms with E-state index in [0.29, 0.717) is 13.0 Å². The molecular formula is C15H21NO4. The Kier molecular flexibility index (Phi) is 4.62. The van der Waals surface area contributed by atoms with E-state index in [1.54, 1.807) is 4.90 Å². The highest BCUT2D eigenvalue weighted by molar-refractivity contribution is 5.69. The van der Waals surface area contributed by atoms with E-state index >= 15 is 0 Å². The minimum absolute atomic E-state index is 0.0204. The average molecular weight is 279 g/mol. The van der Waals surface area contributed by atoms with E-state index < -0.39 is 11.8 Å². The largest absolute Gasteiger partial charge is 0.444 e. The van der Waals surface area contributed by atoms with Crippen molar-refractivity contribution in [1.29, 1.82) is 0 Å². The number of benzene rings is 1. The summed E-state index contributed by atoms with van der Waals surface area (Å²) in [5.41, 5.74) is 0.241. The molecule has 1 N–H and O–H groups in total. The molecule has 1 saturated heterocycles. The van der Waals surface area contributed by atoms with Gasteiger partial charge in [-0.1, -0.05) is 30.3 Å². The summed E-state index contributed by atoms with van der Waals surface area (Å²) in [4.78, 5) is 13.8. The number of hydrogen-bond acceptors (Lipinski definition) is 4. The SMILES string of the molecule is CC1(C)OC[C@H](CCO)N1C(=O)OCc1ccccc1. The number of carbonyl (C=O) groups is 1. The first kappa shape index (κ1) is 14.8. The predicted molar refractivity (Wildman–Crippen MR) is 74.0 cm³/mol. The van der Waals surface area contributed by atoms with Crippen LogP contribution in [0.2, 0.25) is 0 Å². The van der Waals surface area contributed by atoms with Gasteiger partial charge in [-0.25, -0.2) is 4.79 Å². The van der Waals surface area contributed by atoms with Gasteiger partial charge in [0.2, 0.25) is 0 Å². The lowest BCUT2D eigenvalue weighted by Gasteiger charge is -2.32. The Morgan fingerprint density at radius 3 is 2.80 bits per heavy atom. The molecule has 110 valence electrons. The standard InChI is InChI=1S/C15H21NO4/c1-15(2)16(13(8-9-17)11-20-15)14(18)19-10-12-6-4-3-5-7-12/h3-7,13,17H,8-11H2,1-2H3/t13-/m0/s1. The first-order chi connectivity index (χ1) is 9.54. The molecule has 0 unspecified atom stereocenters. The summed E-state index contributed by atoms with van der Waals surface area (Å²) in [5.74, 6) is 0. The summed E-state index contributed by atoms with van der Waals surface area (Å²) >= 11 is 0. The van der Waals surface area contributed by atoms with Crippen LogP contribution in [0, 0.1) is 0 Å². The highest BCUT2D eigenvalue weighted by Crippen LogP contribution is 2.29. The Balaban J connectivity index is 1.99. The number of carbonyl (C=O) groups excluding carboxylic acids is 1. The van der Waals surface area contributed by atoms with Gasteiger partial charge in [-0.3, -0.25) is 4.90 Å². The molecule has 1 amide bonds. The van der Waals surface area contributed by atoms with Crippen LogP contribution in [-0.4, -0.2) is 41.1 Å². The molecule has 0 aromatic heterocycles. The van der Waals surface area contributed by atoms with Crippen molar-refractivity contribution in [3.63, 3.8) is 0 Å². The second kappa shape index (κ2) is 6.24. The zero-order chi connectivity index (χ0) is 14.6. The molecule has 0 radical (unpaired) electrons. The predicted octanol–water partition coefficient (Wildman–Crippen LogP) is 2.14. The lowest BCUT2D eigenvalue weighted by molar-refractivity contribution is -0.0496. The van der Waals surface area contributed by atoms with Gasteiger partial charge in [-0.05, 0) is 25.8 Å². The minimum atomic E-state index is -0.701. The van der Waals surface area contributed by atoms with Gasteiger partial charge in [0.25, 0.3) is 0 Å². The van der Waals surface area contributed by atoms with Crippen molar-refractivity contribution in [1.82, 2.24) is 4.90 Å². The van der Waals surface area contributed by atoms with Gasteiger partial charge >= 0.3 is 6.09 Å². The average Bonchev–Trinajstić information content (AvgIpc) is 2.73. The number of aliphatic hydroxyl groups is 1. The molecule has 1 heterocycles. The van der Waals surface area contributed by atoms with Crippen LogP contribution in [0.15, 0.2) is 30.3 Å². The molecule has 20 heavy (non-hydrogen) atoms. The number of hydrogen-bond donors (Lipinski definition) is 1. The Morgan fingerprint density at radius 1 is 1.45 bits per heavy atom. The molecule has 1 aliphatic rings. The molecule has 1 aliphatic heterocycles. The molecule has 0 aliphatic carbocycles. The summed E-state index contributed by atoms with van der Waals surface area (Å²) < 4.78 is 11.0. The molecular weight excluding hydrogens is 258 g/mol. The molecule has 0 saturated carbocycles. The molecule has 5 nitrogen and oxygen atoms in total. The number of ether oxygens (including phenoxy) is 2. The van der Waals surface area contributed by atoms with E-state index in [2.05, 4.69) is 0 Å². The van der Waals surface area contributed by atoms with E-state index in [0.717, 1.165) is 5.56 Å². The lowest BCUT2D eigenvalue weighted by atomic mass is 10.2. The molecule has 0 spiro atoms. The smallest absolute Gasteiger partial charge is 0.412 e. The summed E-state index contributed by atoms with van der Waals surface area (Å²) in [6.45, 7) is 4.33. The van der Waals surface area contributed by atoms with Crippen LogP contribution in [0.3, 0.4) is 0 Å². The first-order valence-corrected chi connectivity index (χ1v) is 6.79. The fraction of sp³-hybridized carbons (Fsp3) is 0.533. The molecule has 1 aromatic carbocycles. The van der Waals surface area contributed by atoms with Crippen LogP contribution in [0.1, 0.15) is 25.8 Å². The van der Waals surface area contributed by atoms with Crippen LogP contribution in [0.5, 0.6) is 0 Å². The summed E-state index contributed by atoms with van der Waals surface area (Å²) in [6, 6.07) is 9.40. The van der Waals surface area contributed by atoms with Crippen molar-refractivity contribution in [2.24, 2.45) is 0 Å². The number of aliphatic hydroxyl groups excluding tert-OH is 1. The Hall–Kier alpha value is -1.59. The summed E-state index contributed by atoms with van der Waals surface area (Å²) in [5, 5.41) is 9.07. The van der Waals surface area contributed by atoms with E-state index in [1.165, 1.54) is 0 Å². The van der Waals surface area contributed by atoms with Gasteiger partial charge in [0.1, 0.15) is 12.3 Å². The van der Waals surface area contributed by atoms with Crippen LogP contribution in [0.4, 0.5) is 4.79 Å². The molecule has 5 heteroatoms. The Morgan fingerprint density at radius 2 is 2.15 bits per heavy atom. The van der Waals surface area contributed by atoms with E-state index in [1.807, 2.05) is 44.2 Å². The molecule has 0 bridgehead atoms. The quantitative estimate of drug-likeness (QED) is 0.917. The van der Waals surface area contributed by atoms with Crippen molar-refractivity contribution < 1.29 is 19.4 Å². The maximum absolute atomic E-state index is 12.3. The van der Waals surface area contributed by atoms with Crippen molar-refractivity contribution in [3.8, 4) is 0 Å². The summed E-state index contributed by atoms with van der Waals surface area (Å²) in [6.07, 6.45) is 0.0824. The van der Waals surface area contributed by atoms with E-state index in [9.17, 15) is 4.79 Å². The number of amides is 1. The second-order valence-electron chi connectivity index (χ2n) is 5.33. The summed E-state index contributed by atoms with van der Waals surface area (Å²) in [7, 11) is 0. The third kappa shape index (κ3) is 3.29. The van der Waals surface area contributed by atoms with Gasteiger partial charge in [-0.2, -0.15) is 0 Å². The fourth-order valence-electron chi connectivity index (χ4n) is 2.40. The topological polar surface area (TPSA) is 59.0 Å². The van der Waals surface area contributed by atoms with Gasteiger partial charge in [0.05, 0.1) is 12.6 Å². The van der Waals surface area contributed by atoms with Crippen LogP contribution in [0.25, 0.3) is 0 Å². The Bertz CT molecular complexity index is 446. The minimum Gasteiger partial charge on any atom is -0.444 e. The lowest BCUT2D eigenvalue weighted by Crippen LogP contribution is -2.48. The fourth-order valence-corrected chi connectivity index (χ4v) is 2.40. The van der Waals surface area contributed by atoms with Crippen LogP contribution >= 0.6 is 0 Å². The zero-order valence-corrected chi connectivity index (χ0v) is 11.9. The van der Waals surface area contributed by atoms with Gasteiger partial charge in [0.15, 0.2) is 0 Å². The number of rotatable bonds is 4. The third-order valence-corrected chi connectivity index (χ3v) is 3.44. The van der Waals surface area contributed by atoms with E-state index in [4.69, 9.17) is 14.6 Å². The van der Waals surface area contributed by atoms with Gasteiger partial charge in [0, 0.05) is 6.61 Å².